The average Bonchev–Trinajstić information content (AvgIpc) is 2.38. The number of thioether (sulfide) groups is 1. The summed E-state index contributed by atoms with van der Waals surface area (Å²) < 4.78 is 0. The molecule has 0 saturated carbocycles. The van der Waals surface area contributed by atoms with Crippen molar-refractivity contribution in [3.05, 3.63) is 27.9 Å². The molecule has 0 aliphatic heterocycles. The van der Waals surface area contributed by atoms with Gasteiger partial charge in [-0.2, -0.15) is 11.8 Å². The molecular weight excluding hydrogens is 270 g/mol. The molecule has 1 aromatic heterocycles. The summed E-state index contributed by atoms with van der Waals surface area (Å²) in [6.07, 6.45) is 3.93. The van der Waals surface area contributed by atoms with Crippen LogP contribution in [0.4, 0.5) is 11.5 Å². The van der Waals surface area contributed by atoms with Crippen LogP contribution in [0.2, 0.25) is 0 Å². The molecule has 1 atom stereocenters. The molecule has 0 radical (unpaired) electrons. The second-order valence-corrected chi connectivity index (χ2v) is 5.19. The first-order valence-corrected chi connectivity index (χ1v) is 6.89. The highest BCUT2D eigenvalue weighted by Crippen LogP contribution is 2.23. The maximum absolute atomic E-state index is 10.9. The van der Waals surface area contributed by atoms with Crippen LogP contribution < -0.4 is 5.32 Å². The minimum absolute atomic E-state index is 0.100. The standard InChI is InChI=1S/C11H15N3O4S/c1-7(19-2)3-4-12-10-9(14(17)18)5-8(6-13-10)11(15)16/h5-7H,3-4H2,1-2H3,(H,12,13)(H,15,16). The molecule has 8 heteroatoms. The van der Waals surface area contributed by atoms with Crippen molar-refractivity contribution in [1.29, 1.82) is 0 Å². The Morgan fingerprint density at radius 2 is 2.37 bits per heavy atom. The van der Waals surface area contributed by atoms with Gasteiger partial charge in [-0.1, -0.05) is 6.92 Å². The third kappa shape index (κ3) is 4.40. The van der Waals surface area contributed by atoms with Gasteiger partial charge in [0.2, 0.25) is 5.82 Å². The van der Waals surface area contributed by atoms with Gasteiger partial charge in [0.1, 0.15) is 0 Å². The predicted octanol–water partition coefficient (Wildman–Crippen LogP) is 2.24. The largest absolute Gasteiger partial charge is 0.478 e. The highest BCUT2D eigenvalue weighted by atomic mass is 32.2. The summed E-state index contributed by atoms with van der Waals surface area (Å²) in [5, 5.41) is 23.0. The minimum atomic E-state index is -1.24. The molecule has 104 valence electrons. The zero-order chi connectivity index (χ0) is 14.4. The van der Waals surface area contributed by atoms with E-state index in [4.69, 9.17) is 5.11 Å². The summed E-state index contributed by atoms with van der Waals surface area (Å²) in [5.74, 6) is -1.14. The topological polar surface area (TPSA) is 105 Å². The van der Waals surface area contributed by atoms with E-state index in [0.29, 0.717) is 11.8 Å². The first-order valence-electron chi connectivity index (χ1n) is 5.60. The van der Waals surface area contributed by atoms with Gasteiger partial charge < -0.3 is 10.4 Å². The lowest BCUT2D eigenvalue weighted by Crippen LogP contribution is -2.11. The number of aromatic nitrogens is 1. The van der Waals surface area contributed by atoms with E-state index in [1.807, 2.05) is 6.26 Å². The van der Waals surface area contributed by atoms with Crippen LogP contribution in [0.25, 0.3) is 0 Å². The Balaban J connectivity index is 2.82. The van der Waals surface area contributed by atoms with Gasteiger partial charge in [0.15, 0.2) is 0 Å². The van der Waals surface area contributed by atoms with Gasteiger partial charge in [-0.25, -0.2) is 9.78 Å². The summed E-state index contributed by atoms with van der Waals surface area (Å²) in [5.41, 5.74) is -0.522. The molecule has 7 nitrogen and oxygen atoms in total. The van der Waals surface area contributed by atoms with Crippen LogP contribution in [-0.4, -0.2) is 39.0 Å². The number of hydrogen-bond acceptors (Lipinski definition) is 6. The molecule has 0 aromatic carbocycles. The van der Waals surface area contributed by atoms with Crippen LogP contribution in [-0.2, 0) is 0 Å². The number of nitrogens with one attached hydrogen (secondary N) is 1. The van der Waals surface area contributed by atoms with Gasteiger partial charge in [-0.05, 0) is 12.7 Å². The highest BCUT2D eigenvalue weighted by molar-refractivity contribution is 7.99. The molecule has 0 saturated heterocycles. The van der Waals surface area contributed by atoms with Gasteiger partial charge in [0, 0.05) is 24.1 Å². The maximum Gasteiger partial charge on any atom is 0.337 e. The fourth-order valence-electron chi connectivity index (χ4n) is 1.36. The second kappa shape index (κ2) is 6.93. The summed E-state index contributed by atoms with van der Waals surface area (Å²) in [6, 6.07) is 1.01. The lowest BCUT2D eigenvalue weighted by Gasteiger charge is -2.09. The number of carboxylic acid groups (broad SMARTS) is 1. The number of hydrogen-bond donors (Lipinski definition) is 2. The molecule has 0 bridgehead atoms. The van der Waals surface area contributed by atoms with Crippen LogP contribution in [0.5, 0.6) is 0 Å². The Labute approximate surface area is 114 Å². The van der Waals surface area contributed by atoms with Crippen LogP contribution >= 0.6 is 11.8 Å². The number of pyridine rings is 1. The predicted molar refractivity (Wildman–Crippen MR) is 73.9 cm³/mol. The number of carboxylic acids is 1. The van der Waals surface area contributed by atoms with E-state index in [0.717, 1.165) is 18.7 Å². The van der Waals surface area contributed by atoms with E-state index in [1.165, 1.54) is 0 Å². The summed E-state index contributed by atoms with van der Waals surface area (Å²) in [6.45, 7) is 2.60. The van der Waals surface area contributed by atoms with Crippen molar-refractivity contribution in [2.45, 2.75) is 18.6 Å². The van der Waals surface area contributed by atoms with Crippen molar-refractivity contribution in [3.8, 4) is 0 Å². The molecule has 1 unspecified atom stereocenters. The second-order valence-electron chi connectivity index (χ2n) is 3.92. The van der Waals surface area contributed by atoms with Crippen molar-refractivity contribution < 1.29 is 14.8 Å². The fourth-order valence-corrected chi connectivity index (χ4v) is 1.71. The third-order valence-electron chi connectivity index (χ3n) is 2.56. The van der Waals surface area contributed by atoms with Crippen LogP contribution in [0.1, 0.15) is 23.7 Å². The van der Waals surface area contributed by atoms with E-state index < -0.39 is 10.9 Å². The molecule has 1 aromatic rings. The number of carbonyl (C=O) groups is 1. The Morgan fingerprint density at radius 1 is 1.68 bits per heavy atom. The highest BCUT2D eigenvalue weighted by Gasteiger charge is 2.18. The first-order chi connectivity index (χ1) is 8.95. The Morgan fingerprint density at radius 3 is 2.89 bits per heavy atom. The third-order valence-corrected chi connectivity index (χ3v) is 3.60. The van der Waals surface area contributed by atoms with Crippen LogP contribution in [0, 0.1) is 10.1 Å². The van der Waals surface area contributed by atoms with Crippen molar-refractivity contribution in [2.24, 2.45) is 0 Å². The maximum atomic E-state index is 10.9. The fraction of sp³-hybridized carbons (Fsp3) is 0.455. The van der Waals surface area contributed by atoms with Gasteiger partial charge in [-0.15, -0.1) is 0 Å². The van der Waals surface area contributed by atoms with Gasteiger partial charge in [0.25, 0.3) is 0 Å². The monoisotopic (exact) mass is 285 g/mol. The quantitative estimate of drug-likeness (QED) is 0.584. The summed E-state index contributed by atoms with van der Waals surface area (Å²) in [7, 11) is 0. The number of nitrogens with zero attached hydrogens (tertiary/aromatic N) is 2. The minimum Gasteiger partial charge on any atom is -0.478 e. The van der Waals surface area contributed by atoms with Gasteiger partial charge >= 0.3 is 11.7 Å². The van der Waals surface area contributed by atoms with Gasteiger partial charge in [0.05, 0.1) is 10.5 Å². The molecule has 1 heterocycles. The number of rotatable bonds is 7. The SMILES string of the molecule is CSC(C)CCNc1ncc(C(=O)O)cc1[N+](=O)[O-]. The number of nitro groups is 1. The average molecular weight is 285 g/mol. The van der Waals surface area contributed by atoms with E-state index in [1.54, 1.807) is 11.8 Å². The van der Waals surface area contributed by atoms with Crippen LogP contribution in [0.3, 0.4) is 0 Å². The van der Waals surface area contributed by atoms with E-state index in [2.05, 4.69) is 17.2 Å². The Bertz CT molecular complexity index is 481. The van der Waals surface area contributed by atoms with Crippen molar-refractivity contribution >= 4 is 29.2 Å². The molecule has 0 spiro atoms. The van der Waals surface area contributed by atoms with E-state index in [9.17, 15) is 14.9 Å². The first kappa shape index (κ1) is 15.2. The lowest BCUT2D eigenvalue weighted by molar-refractivity contribution is -0.384. The molecule has 0 aliphatic carbocycles. The van der Waals surface area contributed by atoms with Gasteiger partial charge in [-0.3, -0.25) is 10.1 Å². The zero-order valence-electron chi connectivity index (χ0n) is 10.6. The lowest BCUT2D eigenvalue weighted by atomic mass is 10.2. The summed E-state index contributed by atoms with van der Waals surface area (Å²) >= 11 is 1.70. The molecule has 1 rings (SSSR count). The number of aromatic carboxylic acids is 1. The van der Waals surface area contributed by atoms with Crippen LogP contribution in [0.15, 0.2) is 12.3 Å². The van der Waals surface area contributed by atoms with Crippen molar-refractivity contribution in [2.75, 3.05) is 18.1 Å². The van der Waals surface area contributed by atoms with Crippen molar-refractivity contribution in [3.63, 3.8) is 0 Å². The molecule has 2 N–H and O–H groups in total. The Hall–Kier alpha value is -1.83. The molecule has 0 aliphatic rings. The molecule has 0 amide bonds. The Kier molecular flexibility index (Phi) is 5.56. The molecular formula is C11H15N3O4S. The molecule has 0 fully saturated rings. The molecule has 19 heavy (non-hydrogen) atoms. The number of anilines is 1. The smallest absolute Gasteiger partial charge is 0.337 e. The van der Waals surface area contributed by atoms with Crippen molar-refractivity contribution in [1.82, 2.24) is 4.98 Å². The zero-order valence-corrected chi connectivity index (χ0v) is 11.4. The summed E-state index contributed by atoms with van der Waals surface area (Å²) in [4.78, 5) is 24.8. The van der Waals surface area contributed by atoms with E-state index >= 15 is 0 Å². The van der Waals surface area contributed by atoms with E-state index in [-0.39, 0.29) is 17.1 Å². The normalized spacial score (nSPS) is 11.9.